The van der Waals surface area contributed by atoms with Crippen molar-refractivity contribution in [3.63, 3.8) is 0 Å². The van der Waals surface area contributed by atoms with Gasteiger partial charge in [-0.05, 0) is 20.5 Å². The minimum Gasteiger partial charge on any atom is -0.344 e. The van der Waals surface area contributed by atoms with Gasteiger partial charge in [0.25, 0.3) is 0 Å². The number of rotatable bonds is 4. The summed E-state index contributed by atoms with van der Waals surface area (Å²) in [6.07, 6.45) is 3.29. The van der Waals surface area contributed by atoms with Gasteiger partial charge in [0.1, 0.15) is 12.2 Å². The Bertz CT molecular complexity index is 414. The van der Waals surface area contributed by atoms with Crippen LogP contribution in [0.1, 0.15) is 12.2 Å². The first kappa shape index (κ1) is 13.0. The molecular formula is C12H21N5O. The minimum absolute atomic E-state index is 0.0476. The van der Waals surface area contributed by atoms with E-state index in [2.05, 4.69) is 15.0 Å². The lowest BCUT2D eigenvalue weighted by molar-refractivity contribution is -0.135. The van der Waals surface area contributed by atoms with E-state index in [4.69, 9.17) is 0 Å². The molecule has 0 fully saturated rings. The topological polar surface area (TPSA) is 54.3 Å². The zero-order valence-electron chi connectivity index (χ0n) is 11.3. The van der Waals surface area contributed by atoms with Gasteiger partial charge in [-0.3, -0.25) is 4.79 Å². The Kier molecular flexibility index (Phi) is 3.96. The van der Waals surface area contributed by atoms with Gasteiger partial charge in [0.05, 0.1) is 12.5 Å². The van der Waals surface area contributed by atoms with Crippen molar-refractivity contribution in [1.82, 2.24) is 24.6 Å². The maximum atomic E-state index is 12.3. The third kappa shape index (κ3) is 2.87. The number of carbonyl (C=O) groups is 1. The number of aromatic nitrogens is 3. The molecule has 1 amide bonds. The van der Waals surface area contributed by atoms with E-state index in [1.165, 1.54) is 0 Å². The van der Waals surface area contributed by atoms with Crippen LogP contribution in [-0.4, -0.2) is 64.7 Å². The van der Waals surface area contributed by atoms with Crippen molar-refractivity contribution in [3.8, 4) is 0 Å². The quantitative estimate of drug-likeness (QED) is 0.747. The second kappa shape index (κ2) is 5.48. The molecule has 1 aliphatic heterocycles. The zero-order chi connectivity index (χ0) is 13.1. The predicted molar refractivity (Wildman–Crippen MR) is 68.0 cm³/mol. The van der Waals surface area contributed by atoms with Crippen LogP contribution in [0.25, 0.3) is 0 Å². The Hall–Kier alpha value is -1.43. The third-order valence-electron chi connectivity index (χ3n) is 3.41. The predicted octanol–water partition coefficient (Wildman–Crippen LogP) is -0.139. The highest BCUT2D eigenvalue weighted by Gasteiger charge is 2.27. The molecule has 1 atom stereocenters. The van der Waals surface area contributed by atoms with Gasteiger partial charge in [-0.25, -0.2) is 9.67 Å². The lowest BCUT2D eigenvalue weighted by atomic mass is 9.98. The van der Waals surface area contributed by atoms with E-state index in [1.807, 2.05) is 30.7 Å². The largest absolute Gasteiger partial charge is 0.344 e. The van der Waals surface area contributed by atoms with Crippen LogP contribution in [-0.2, 0) is 17.8 Å². The van der Waals surface area contributed by atoms with Crippen molar-refractivity contribution in [1.29, 1.82) is 0 Å². The van der Waals surface area contributed by atoms with Crippen LogP contribution in [0.3, 0.4) is 0 Å². The molecule has 0 bridgehead atoms. The molecule has 2 rings (SSSR count). The van der Waals surface area contributed by atoms with Crippen molar-refractivity contribution in [2.75, 3.05) is 34.2 Å². The third-order valence-corrected chi connectivity index (χ3v) is 3.41. The molecular weight excluding hydrogens is 230 g/mol. The van der Waals surface area contributed by atoms with Crippen LogP contribution in [0.2, 0.25) is 0 Å². The fraction of sp³-hybridized carbons (Fsp3) is 0.750. The smallest absolute Gasteiger partial charge is 0.227 e. The van der Waals surface area contributed by atoms with Crippen LogP contribution < -0.4 is 0 Å². The van der Waals surface area contributed by atoms with Crippen LogP contribution in [0.5, 0.6) is 0 Å². The first-order valence-electron chi connectivity index (χ1n) is 6.34. The number of amides is 1. The van der Waals surface area contributed by atoms with Gasteiger partial charge in [-0.15, -0.1) is 0 Å². The average molecular weight is 251 g/mol. The van der Waals surface area contributed by atoms with Crippen LogP contribution >= 0.6 is 0 Å². The van der Waals surface area contributed by atoms with Gasteiger partial charge >= 0.3 is 0 Å². The van der Waals surface area contributed by atoms with Crippen molar-refractivity contribution < 1.29 is 4.79 Å². The summed E-state index contributed by atoms with van der Waals surface area (Å²) in [5.41, 5.74) is 0. The number of fused-ring (bicyclic) bond motifs is 1. The highest BCUT2D eigenvalue weighted by Crippen LogP contribution is 2.19. The Morgan fingerprint density at radius 3 is 2.94 bits per heavy atom. The molecule has 100 valence electrons. The summed E-state index contributed by atoms with van der Waals surface area (Å²) in [5, 5.41) is 4.15. The summed E-state index contributed by atoms with van der Waals surface area (Å²) >= 11 is 0. The molecule has 0 spiro atoms. The standard InChI is InChI=1S/C12H21N5O/c1-15(2)6-7-16(3)12(18)10-4-5-11-13-9-14-17(11)8-10/h9-10H,4-8H2,1-3H3. The normalized spacial score (nSPS) is 18.8. The molecule has 0 aromatic carbocycles. The first-order chi connectivity index (χ1) is 8.58. The molecule has 1 aromatic rings. The molecule has 0 N–H and O–H groups in total. The molecule has 6 heteroatoms. The van der Waals surface area contributed by atoms with Gasteiger partial charge in [0.2, 0.25) is 5.91 Å². The Labute approximate surface area is 108 Å². The SMILES string of the molecule is CN(C)CCN(C)C(=O)C1CCc2ncnn2C1. The lowest BCUT2D eigenvalue weighted by Gasteiger charge is -2.27. The molecule has 1 aromatic heterocycles. The number of likely N-dealkylation sites (N-methyl/N-ethyl adjacent to an activating group) is 2. The first-order valence-corrected chi connectivity index (χ1v) is 6.34. The van der Waals surface area contributed by atoms with Crippen molar-refractivity contribution in [2.45, 2.75) is 19.4 Å². The van der Waals surface area contributed by atoms with E-state index in [0.29, 0.717) is 6.54 Å². The summed E-state index contributed by atoms with van der Waals surface area (Å²) in [7, 11) is 5.91. The molecule has 6 nitrogen and oxygen atoms in total. The van der Waals surface area contributed by atoms with Crippen molar-refractivity contribution in [2.24, 2.45) is 5.92 Å². The summed E-state index contributed by atoms with van der Waals surface area (Å²) in [6.45, 7) is 2.33. The highest BCUT2D eigenvalue weighted by molar-refractivity contribution is 5.78. The molecule has 0 saturated heterocycles. The van der Waals surface area contributed by atoms with Gasteiger partial charge in [-0.1, -0.05) is 0 Å². The van der Waals surface area contributed by atoms with E-state index >= 15 is 0 Å². The molecule has 0 saturated carbocycles. The Morgan fingerprint density at radius 2 is 2.22 bits per heavy atom. The van der Waals surface area contributed by atoms with E-state index < -0.39 is 0 Å². The summed E-state index contributed by atoms with van der Waals surface area (Å²) in [4.78, 5) is 20.4. The number of nitrogens with zero attached hydrogens (tertiary/aromatic N) is 5. The van der Waals surface area contributed by atoms with Crippen LogP contribution in [0.4, 0.5) is 0 Å². The number of carbonyl (C=O) groups excluding carboxylic acids is 1. The maximum Gasteiger partial charge on any atom is 0.227 e. The fourth-order valence-corrected chi connectivity index (χ4v) is 2.21. The summed E-state index contributed by atoms with van der Waals surface area (Å²) in [5.74, 6) is 1.26. The van der Waals surface area contributed by atoms with Crippen molar-refractivity contribution >= 4 is 5.91 Å². The summed E-state index contributed by atoms with van der Waals surface area (Å²) < 4.78 is 1.85. The van der Waals surface area contributed by atoms with Gasteiger partial charge < -0.3 is 9.80 Å². The maximum absolute atomic E-state index is 12.3. The highest BCUT2D eigenvalue weighted by atomic mass is 16.2. The molecule has 0 aliphatic carbocycles. The Balaban J connectivity index is 1.90. The van der Waals surface area contributed by atoms with Gasteiger partial charge in [0.15, 0.2) is 0 Å². The van der Waals surface area contributed by atoms with E-state index in [1.54, 1.807) is 6.33 Å². The van der Waals surface area contributed by atoms with Gasteiger partial charge in [-0.2, -0.15) is 5.10 Å². The Morgan fingerprint density at radius 1 is 1.44 bits per heavy atom. The summed E-state index contributed by atoms with van der Waals surface area (Å²) in [6, 6.07) is 0. The minimum atomic E-state index is 0.0476. The molecule has 0 radical (unpaired) electrons. The van der Waals surface area contributed by atoms with E-state index in [9.17, 15) is 4.79 Å². The fourth-order valence-electron chi connectivity index (χ4n) is 2.21. The molecule has 1 aliphatic rings. The van der Waals surface area contributed by atoms with Crippen LogP contribution in [0, 0.1) is 5.92 Å². The van der Waals surface area contributed by atoms with Crippen LogP contribution in [0.15, 0.2) is 6.33 Å². The second-order valence-corrected chi connectivity index (χ2v) is 5.16. The zero-order valence-corrected chi connectivity index (χ0v) is 11.3. The average Bonchev–Trinajstić information content (AvgIpc) is 2.81. The van der Waals surface area contributed by atoms with E-state index in [0.717, 1.165) is 31.8 Å². The number of hydrogen-bond acceptors (Lipinski definition) is 4. The number of hydrogen-bond donors (Lipinski definition) is 0. The molecule has 2 heterocycles. The monoisotopic (exact) mass is 251 g/mol. The van der Waals surface area contributed by atoms with Gasteiger partial charge in [0, 0.05) is 26.6 Å². The van der Waals surface area contributed by atoms with E-state index in [-0.39, 0.29) is 11.8 Å². The number of aryl methyl sites for hydroxylation is 1. The lowest BCUT2D eigenvalue weighted by Crippen LogP contribution is -2.40. The molecule has 18 heavy (non-hydrogen) atoms. The molecule has 1 unspecified atom stereocenters. The second-order valence-electron chi connectivity index (χ2n) is 5.16. The van der Waals surface area contributed by atoms with Crippen molar-refractivity contribution in [3.05, 3.63) is 12.2 Å².